The highest BCUT2D eigenvalue weighted by Gasteiger charge is 2.09. The normalized spacial score (nSPS) is 10.4. The number of aryl methyl sites for hydroxylation is 2. The molecule has 0 aliphatic heterocycles. The molecule has 0 N–H and O–H groups in total. The van der Waals surface area contributed by atoms with E-state index < -0.39 is 0 Å². The van der Waals surface area contributed by atoms with Gasteiger partial charge >= 0.3 is 0 Å². The Labute approximate surface area is 128 Å². The van der Waals surface area contributed by atoms with Crippen LogP contribution in [-0.4, -0.2) is 19.1 Å². The fourth-order valence-electron chi connectivity index (χ4n) is 2.10. The number of hydrogen-bond donors (Lipinski definition) is 0. The van der Waals surface area contributed by atoms with Crippen molar-refractivity contribution >= 4 is 21.7 Å². The average Bonchev–Trinajstić information content (AvgIpc) is 2.42. The number of aromatic nitrogens is 1. The molecule has 0 amide bonds. The smallest absolute Gasteiger partial charge is 0.128 e. The van der Waals surface area contributed by atoms with Crippen molar-refractivity contribution in [1.82, 2.24) is 4.98 Å². The number of pyridine rings is 1. The monoisotopic (exact) mass is 334 g/mol. The van der Waals surface area contributed by atoms with Crippen molar-refractivity contribution in [1.29, 1.82) is 0 Å². The van der Waals surface area contributed by atoms with Gasteiger partial charge in [0.15, 0.2) is 0 Å². The molecule has 1 aromatic carbocycles. The molecule has 2 rings (SSSR count). The van der Waals surface area contributed by atoms with Crippen molar-refractivity contribution in [3.63, 3.8) is 0 Å². The third kappa shape index (κ3) is 3.31. The zero-order valence-electron chi connectivity index (χ0n) is 12.3. The zero-order chi connectivity index (χ0) is 14.7. The Morgan fingerprint density at radius 2 is 2.00 bits per heavy atom. The van der Waals surface area contributed by atoms with E-state index in [1.807, 2.05) is 19.3 Å². The topological polar surface area (TPSA) is 25.4 Å². The van der Waals surface area contributed by atoms with E-state index in [-0.39, 0.29) is 0 Å². The van der Waals surface area contributed by atoms with Crippen LogP contribution in [0.2, 0.25) is 0 Å². The van der Waals surface area contributed by atoms with Crippen LogP contribution in [0.1, 0.15) is 16.7 Å². The minimum atomic E-state index is 0.763. The molecule has 0 fully saturated rings. The van der Waals surface area contributed by atoms with Crippen LogP contribution in [0.3, 0.4) is 0 Å². The summed E-state index contributed by atoms with van der Waals surface area (Å²) in [7, 11) is 3.74. The van der Waals surface area contributed by atoms with Crippen LogP contribution in [0.4, 0.5) is 5.82 Å². The van der Waals surface area contributed by atoms with Crippen LogP contribution >= 0.6 is 15.9 Å². The Morgan fingerprint density at radius 3 is 2.65 bits per heavy atom. The second-order valence-corrected chi connectivity index (χ2v) is 5.82. The van der Waals surface area contributed by atoms with Crippen molar-refractivity contribution < 1.29 is 4.74 Å². The van der Waals surface area contributed by atoms with E-state index in [1.54, 1.807) is 7.11 Å². The van der Waals surface area contributed by atoms with E-state index in [0.717, 1.165) is 28.1 Å². The molecule has 0 unspecified atom stereocenters. The van der Waals surface area contributed by atoms with Crippen LogP contribution < -0.4 is 9.64 Å². The van der Waals surface area contributed by atoms with Gasteiger partial charge in [0.05, 0.1) is 7.11 Å². The van der Waals surface area contributed by atoms with Gasteiger partial charge < -0.3 is 9.64 Å². The summed E-state index contributed by atoms with van der Waals surface area (Å²) in [5.41, 5.74) is 3.57. The highest BCUT2D eigenvalue weighted by molar-refractivity contribution is 9.10. The van der Waals surface area contributed by atoms with Gasteiger partial charge in [-0.2, -0.15) is 0 Å². The van der Waals surface area contributed by atoms with Gasteiger partial charge in [-0.1, -0.05) is 17.7 Å². The molecular formula is C16H19BrN2O. The van der Waals surface area contributed by atoms with Crippen molar-refractivity contribution in [3.05, 3.63) is 51.6 Å². The summed E-state index contributed by atoms with van der Waals surface area (Å²) in [5, 5.41) is 0. The Hall–Kier alpha value is -1.55. The molecule has 106 valence electrons. The van der Waals surface area contributed by atoms with Crippen molar-refractivity contribution in [2.24, 2.45) is 0 Å². The maximum atomic E-state index is 5.43. The van der Waals surface area contributed by atoms with Gasteiger partial charge in [0.1, 0.15) is 11.6 Å². The summed E-state index contributed by atoms with van der Waals surface area (Å²) in [6.45, 7) is 4.92. The van der Waals surface area contributed by atoms with E-state index in [4.69, 9.17) is 4.74 Å². The largest absolute Gasteiger partial charge is 0.496 e. The number of rotatable bonds is 4. The first-order valence-corrected chi connectivity index (χ1v) is 7.27. The Balaban J connectivity index is 2.24. The number of hydrogen-bond acceptors (Lipinski definition) is 3. The fourth-order valence-corrected chi connectivity index (χ4v) is 2.32. The highest BCUT2D eigenvalue weighted by atomic mass is 79.9. The highest BCUT2D eigenvalue weighted by Crippen LogP contribution is 2.24. The fraction of sp³-hybridized carbons (Fsp3) is 0.312. The van der Waals surface area contributed by atoms with Crippen LogP contribution in [0.25, 0.3) is 0 Å². The first-order chi connectivity index (χ1) is 9.51. The number of halogens is 1. The van der Waals surface area contributed by atoms with Gasteiger partial charge in [-0.15, -0.1) is 0 Å². The lowest BCUT2D eigenvalue weighted by Gasteiger charge is -2.20. The Kier molecular flexibility index (Phi) is 4.65. The molecule has 2 aromatic rings. The van der Waals surface area contributed by atoms with E-state index in [9.17, 15) is 0 Å². The molecule has 0 saturated carbocycles. The minimum absolute atomic E-state index is 0.763. The summed E-state index contributed by atoms with van der Waals surface area (Å²) in [5.74, 6) is 1.87. The molecule has 0 aliphatic carbocycles. The number of anilines is 1. The standard InChI is InChI=1S/C16H19BrN2O/c1-11-5-6-15(20-4)13(7-11)10-19(3)16-8-12(2)14(17)9-18-16/h5-9H,10H2,1-4H3. The molecule has 0 radical (unpaired) electrons. The first kappa shape index (κ1) is 14.9. The lowest BCUT2D eigenvalue weighted by molar-refractivity contribution is 0.409. The summed E-state index contributed by atoms with van der Waals surface area (Å²) in [4.78, 5) is 6.57. The number of methoxy groups -OCH3 is 1. The van der Waals surface area contributed by atoms with Crippen molar-refractivity contribution in [2.45, 2.75) is 20.4 Å². The van der Waals surface area contributed by atoms with Gasteiger partial charge in [0, 0.05) is 29.8 Å². The lowest BCUT2D eigenvalue weighted by atomic mass is 10.1. The van der Waals surface area contributed by atoms with Gasteiger partial charge in [-0.25, -0.2) is 4.98 Å². The molecule has 0 aliphatic rings. The molecular weight excluding hydrogens is 316 g/mol. The van der Waals surface area contributed by atoms with E-state index >= 15 is 0 Å². The van der Waals surface area contributed by atoms with E-state index in [0.29, 0.717) is 0 Å². The van der Waals surface area contributed by atoms with Crippen LogP contribution in [0.5, 0.6) is 5.75 Å². The maximum Gasteiger partial charge on any atom is 0.128 e. The molecule has 0 spiro atoms. The van der Waals surface area contributed by atoms with E-state index in [2.05, 4.69) is 57.9 Å². The molecule has 4 heteroatoms. The summed E-state index contributed by atoms with van der Waals surface area (Å²) in [6.07, 6.45) is 1.84. The minimum Gasteiger partial charge on any atom is -0.496 e. The SMILES string of the molecule is COc1ccc(C)cc1CN(C)c1cc(C)c(Br)cn1. The van der Waals surface area contributed by atoms with E-state index in [1.165, 1.54) is 11.1 Å². The predicted octanol–water partition coefficient (Wildman–Crippen LogP) is 4.11. The van der Waals surface area contributed by atoms with Gasteiger partial charge in [0.25, 0.3) is 0 Å². The first-order valence-electron chi connectivity index (χ1n) is 6.48. The molecule has 3 nitrogen and oxygen atoms in total. The van der Waals surface area contributed by atoms with Gasteiger partial charge in [-0.05, 0) is 47.5 Å². The molecule has 1 heterocycles. The second-order valence-electron chi connectivity index (χ2n) is 4.96. The second kappa shape index (κ2) is 6.27. The number of nitrogens with zero attached hydrogens (tertiary/aromatic N) is 2. The van der Waals surface area contributed by atoms with Gasteiger partial charge in [-0.3, -0.25) is 0 Å². The van der Waals surface area contributed by atoms with Crippen LogP contribution in [0.15, 0.2) is 34.9 Å². The summed E-state index contributed by atoms with van der Waals surface area (Å²) in [6, 6.07) is 8.30. The number of benzene rings is 1. The third-order valence-electron chi connectivity index (χ3n) is 3.27. The Bertz CT molecular complexity index is 613. The van der Waals surface area contributed by atoms with Gasteiger partial charge in [0.2, 0.25) is 0 Å². The summed E-state index contributed by atoms with van der Waals surface area (Å²) >= 11 is 3.48. The molecule has 20 heavy (non-hydrogen) atoms. The maximum absolute atomic E-state index is 5.43. The zero-order valence-corrected chi connectivity index (χ0v) is 13.9. The molecule has 1 aromatic heterocycles. The number of ether oxygens (including phenoxy) is 1. The summed E-state index contributed by atoms with van der Waals surface area (Å²) < 4.78 is 6.46. The molecule has 0 atom stereocenters. The van der Waals surface area contributed by atoms with Crippen molar-refractivity contribution in [2.75, 3.05) is 19.1 Å². The molecule has 0 bridgehead atoms. The average molecular weight is 335 g/mol. The Morgan fingerprint density at radius 1 is 1.25 bits per heavy atom. The predicted molar refractivity (Wildman–Crippen MR) is 86.5 cm³/mol. The lowest BCUT2D eigenvalue weighted by Crippen LogP contribution is -2.18. The third-order valence-corrected chi connectivity index (χ3v) is 4.10. The van der Waals surface area contributed by atoms with Crippen molar-refractivity contribution in [3.8, 4) is 5.75 Å². The quantitative estimate of drug-likeness (QED) is 0.841. The van der Waals surface area contributed by atoms with Crippen LogP contribution in [0, 0.1) is 13.8 Å². The van der Waals surface area contributed by atoms with Crippen LogP contribution in [-0.2, 0) is 6.54 Å². The molecule has 0 saturated heterocycles.